The van der Waals surface area contributed by atoms with Crippen molar-refractivity contribution < 1.29 is 9.59 Å². The first kappa shape index (κ1) is 25.4. The van der Waals surface area contributed by atoms with E-state index in [0.717, 1.165) is 40.9 Å². The number of nitrogens with one attached hydrogen (secondary N) is 4. The minimum absolute atomic E-state index is 0.0505. The Morgan fingerprint density at radius 1 is 1.19 bits per heavy atom. The van der Waals surface area contributed by atoms with Crippen LogP contribution in [0.3, 0.4) is 0 Å². The Morgan fingerprint density at radius 2 is 1.94 bits per heavy atom. The third-order valence-electron chi connectivity index (χ3n) is 7.23. The first-order chi connectivity index (χ1) is 17.3. The summed E-state index contributed by atoms with van der Waals surface area (Å²) in [6.07, 6.45) is 8.44. The van der Waals surface area contributed by atoms with E-state index in [1.165, 1.54) is 19.1 Å². The number of hydrogen-bond acceptors (Lipinski definition) is 5. The zero-order valence-corrected chi connectivity index (χ0v) is 21.3. The van der Waals surface area contributed by atoms with E-state index in [-0.39, 0.29) is 23.9 Å². The molecule has 0 spiro atoms. The summed E-state index contributed by atoms with van der Waals surface area (Å²) in [5.74, 6) is -0.277. The van der Waals surface area contributed by atoms with E-state index >= 15 is 0 Å². The van der Waals surface area contributed by atoms with Gasteiger partial charge >= 0.3 is 0 Å². The zero-order chi connectivity index (χ0) is 25.8. The van der Waals surface area contributed by atoms with Crippen LogP contribution in [0.2, 0.25) is 0 Å². The van der Waals surface area contributed by atoms with Gasteiger partial charge in [0.2, 0.25) is 5.91 Å². The second-order valence-electron chi connectivity index (χ2n) is 9.83. The highest BCUT2D eigenvalue weighted by Crippen LogP contribution is 2.31. The van der Waals surface area contributed by atoms with Gasteiger partial charge < -0.3 is 25.9 Å². The number of benzene rings is 1. The predicted octanol–water partition coefficient (Wildman–Crippen LogP) is 3.91. The third-order valence-corrected chi connectivity index (χ3v) is 7.23. The van der Waals surface area contributed by atoms with Crippen molar-refractivity contribution in [2.45, 2.75) is 65.5 Å². The number of nitrogens with zero attached hydrogens (tertiary/aromatic N) is 1. The largest absolute Gasteiger partial charge is 0.382 e. The Bertz CT molecular complexity index is 1270. The SMILES string of the molecule is CC(=O)N1CC=C(c2cc(NC3CCCC3)c(C=N)c(C(=O)NCc3c(C)cc(C)[nH]c3=O)c2)CC1. The first-order valence-electron chi connectivity index (χ1n) is 12.6. The molecule has 0 radical (unpaired) electrons. The maximum Gasteiger partial charge on any atom is 0.253 e. The van der Waals surface area contributed by atoms with Gasteiger partial charge in [-0.25, -0.2) is 0 Å². The van der Waals surface area contributed by atoms with E-state index in [1.54, 1.807) is 11.8 Å². The molecule has 190 valence electrons. The van der Waals surface area contributed by atoms with Gasteiger partial charge in [0.1, 0.15) is 0 Å². The first-order valence-corrected chi connectivity index (χ1v) is 12.6. The maximum absolute atomic E-state index is 13.4. The monoisotopic (exact) mass is 489 g/mol. The van der Waals surface area contributed by atoms with Crippen LogP contribution in [0.5, 0.6) is 0 Å². The van der Waals surface area contributed by atoms with Gasteiger partial charge in [0.25, 0.3) is 11.5 Å². The second kappa shape index (κ2) is 10.9. The van der Waals surface area contributed by atoms with E-state index in [2.05, 4.69) is 15.6 Å². The highest BCUT2D eigenvalue weighted by molar-refractivity contribution is 6.06. The molecule has 1 aliphatic heterocycles. The van der Waals surface area contributed by atoms with E-state index in [1.807, 2.05) is 38.1 Å². The number of pyridine rings is 1. The molecule has 8 nitrogen and oxygen atoms in total. The minimum atomic E-state index is -0.328. The number of anilines is 1. The van der Waals surface area contributed by atoms with Gasteiger partial charge in [-0.1, -0.05) is 18.9 Å². The van der Waals surface area contributed by atoms with E-state index in [4.69, 9.17) is 5.41 Å². The smallest absolute Gasteiger partial charge is 0.253 e. The van der Waals surface area contributed by atoms with E-state index < -0.39 is 0 Å². The summed E-state index contributed by atoms with van der Waals surface area (Å²) in [5.41, 5.74) is 5.63. The molecular weight excluding hydrogens is 454 g/mol. The normalized spacial score (nSPS) is 16.0. The van der Waals surface area contributed by atoms with Gasteiger partial charge in [-0.05, 0) is 68.0 Å². The molecule has 1 aromatic carbocycles. The molecule has 1 saturated carbocycles. The lowest BCUT2D eigenvalue weighted by molar-refractivity contribution is -0.128. The topological polar surface area (TPSA) is 118 Å². The summed E-state index contributed by atoms with van der Waals surface area (Å²) < 4.78 is 0. The van der Waals surface area contributed by atoms with Crippen molar-refractivity contribution >= 4 is 29.3 Å². The molecule has 2 amide bonds. The van der Waals surface area contributed by atoms with Gasteiger partial charge in [0.05, 0.1) is 5.56 Å². The molecule has 2 aliphatic rings. The van der Waals surface area contributed by atoms with Crippen molar-refractivity contribution in [3.05, 3.63) is 68.1 Å². The van der Waals surface area contributed by atoms with Gasteiger partial charge in [-0.2, -0.15) is 0 Å². The fourth-order valence-corrected chi connectivity index (χ4v) is 5.17. The summed E-state index contributed by atoms with van der Waals surface area (Å²) in [5, 5.41) is 14.6. The molecular formula is C28H35N5O3. The van der Waals surface area contributed by atoms with Gasteiger partial charge in [0, 0.05) is 61.3 Å². The fraction of sp³-hybridized carbons (Fsp3) is 0.429. The molecule has 0 atom stereocenters. The van der Waals surface area contributed by atoms with Crippen molar-refractivity contribution in [1.82, 2.24) is 15.2 Å². The summed E-state index contributed by atoms with van der Waals surface area (Å²) in [6, 6.07) is 6.06. The Hall–Kier alpha value is -3.68. The fourth-order valence-electron chi connectivity index (χ4n) is 5.17. The van der Waals surface area contributed by atoms with Crippen LogP contribution >= 0.6 is 0 Å². The highest BCUT2D eigenvalue weighted by Gasteiger charge is 2.23. The lowest BCUT2D eigenvalue weighted by Gasteiger charge is -2.26. The quantitative estimate of drug-likeness (QED) is 0.441. The lowest BCUT2D eigenvalue weighted by atomic mass is 9.93. The molecule has 8 heteroatoms. The number of aryl methyl sites for hydroxylation is 2. The van der Waals surface area contributed by atoms with Crippen LogP contribution in [0, 0.1) is 19.3 Å². The molecule has 0 bridgehead atoms. The number of rotatable bonds is 7. The molecule has 1 aromatic heterocycles. The van der Waals surface area contributed by atoms with E-state index in [9.17, 15) is 14.4 Å². The number of carbonyl (C=O) groups is 2. The van der Waals surface area contributed by atoms with Crippen LogP contribution < -0.4 is 16.2 Å². The van der Waals surface area contributed by atoms with Crippen molar-refractivity contribution in [3.63, 3.8) is 0 Å². The van der Waals surface area contributed by atoms with Crippen LogP contribution in [0.25, 0.3) is 5.57 Å². The molecule has 1 aliphatic carbocycles. The summed E-state index contributed by atoms with van der Waals surface area (Å²) in [4.78, 5) is 42.2. The molecule has 2 aromatic rings. The number of aromatic nitrogens is 1. The molecule has 4 N–H and O–H groups in total. The number of amides is 2. The number of H-pyrrole nitrogens is 1. The number of aromatic amines is 1. The molecule has 2 heterocycles. The number of hydrogen-bond donors (Lipinski definition) is 4. The van der Waals surface area contributed by atoms with Crippen LogP contribution in [0.1, 0.15) is 77.3 Å². The van der Waals surface area contributed by atoms with Crippen LogP contribution in [-0.2, 0) is 11.3 Å². The minimum Gasteiger partial charge on any atom is -0.382 e. The number of carbonyl (C=O) groups excluding carboxylic acids is 2. The highest BCUT2D eigenvalue weighted by atomic mass is 16.2. The maximum atomic E-state index is 13.4. The van der Waals surface area contributed by atoms with Crippen molar-refractivity contribution in [1.29, 1.82) is 5.41 Å². The third kappa shape index (κ3) is 5.58. The summed E-state index contributed by atoms with van der Waals surface area (Å²) >= 11 is 0. The Morgan fingerprint density at radius 3 is 2.56 bits per heavy atom. The zero-order valence-electron chi connectivity index (χ0n) is 21.3. The molecule has 0 saturated heterocycles. The van der Waals surface area contributed by atoms with Crippen LogP contribution in [-0.4, -0.2) is 47.0 Å². The van der Waals surface area contributed by atoms with E-state index in [0.29, 0.717) is 42.2 Å². The molecule has 4 rings (SSSR count). The second-order valence-corrected chi connectivity index (χ2v) is 9.83. The Kier molecular flexibility index (Phi) is 7.72. The average Bonchev–Trinajstić information content (AvgIpc) is 3.36. The lowest BCUT2D eigenvalue weighted by Crippen LogP contribution is -2.32. The van der Waals surface area contributed by atoms with Crippen molar-refractivity contribution in [2.24, 2.45) is 0 Å². The van der Waals surface area contributed by atoms with Gasteiger partial charge in [-0.15, -0.1) is 0 Å². The Balaban J connectivity index is 1.67. The predicted molar refractivity (Wildman–Crippen MR) is 143 cm³/mol. The Labute approximate surface area is 211 Å². The molecule has 36 heavy (non-hydrogen) atoms. The van der Waals surface area contributed by atoms with Gasteiger partial charge in [0.15, 0.2) is 0 Å². The molecule has 0 unspecified atom stereocenters. The van der Waals surface area contributed by atoms with Crippen molar-refractivity contribution in [3.8, 4) is 0 Å². The molecule has 1 fully saturated rings. The average molecular weight is 490 g/mol. The standard InChI is InChI=1S/C28H35N5O3/c1-17-12-18(2)31-28(36)25(17)16-30-27(35)23-13-21(20-8-10-33(11-9-20)19(3)34)14-26(24(23)15-29)32-22-6-4-5-7-22/h8,12-15,22,29,32H,4-7,9-11,16H2,1-3H3,(H,30,35)(H,31,36). The van der Waals surface area contributed by atoms with Crippen LogP contribution in [0.15, 0.2) is 29.1 Å². The van der Waals surface area contributed by atoms with Crippen LogP contribution in [0.4, 0.5) is 5.69 Å². The van der Waals surface area contributed by atoms with Crippen molar-refractivity contribution in [2.75, 3.05) is 18.4 Å². The van der Waals surface area contributed by atoms with Gasteiger partial charge in [-0.3, -0.25) is 14.4 Å². The summed E-state index contributed by atoms with van der Waals surface area (Å²) in [7, 11) is 0. The summed E-state index contributed by atoms with van der Waals surface area (Å²) in [6.45, 7) is 6.54.